The van der Waals surface area contributed by atoms with Crippen LogP contribution in [-0.4, -0.2) is 18.0 Å². The van der Waals surface area contributed by atoms with Crippen LogP contribution in [0.5, 0.6) is 0 Å². The molecule has 1 aliphatic carbocycles. The zero-order valence-corrected chi connectivity index (χ0v) is 9.80. The second-order valence-corrected chi connectivity index (χ2v) is 4.30. The summed E-state index contributed by atoms with van der Waals surface area (Å²) in [7, 11) is 0. The number of hydrogen-bond acceptors (Lipinski definition) is 2. The molecule has 0 radical (unpaired) electrons. The van der Waals surface area contributed by atoms with E-state index in [4.69, 9.17) is 0 Å². The number of aliphatic imine (C=N–C) groups is 2. The van der Waals surface area contributed by atoms with Crippen LogP contribution in [-0.2, 0) is 0 Å². The van der Waals surface area contributed by atoms with Crippen LogP contribution < -0.4 is 0 Å². The predicted molar refractivity (Wildman–Crippen MR) is 67.5 cm³/mol. The lowest BCUT2D eigenvalue weighted by atomic mass is 9.96. The molecule has 0 saturated heterocycles. The largest absolute Gasteiger partial charge is 0.286 e. The summed E-state index contributed by atoms with van der Waals surface area (Å²) in [6.07, 6.45) is 5.95. The van der Waals surface area contributed by atoms with Crippen molar-refractivity contribution in [1.29, 1.82) is 0 Å². The second-order valence-electron chi connectivity index (χ2n) is 4.30. The number of benzene rings is 1. The molecule has 0 unspecified atom stereocenters. The van der Waals surface area contributed by atoms with Gasteiger partial charge in [0.1, 0.15) is 0 Å². The monoisotopic (exact) mass is 228 g/mol. The molecule has 1 saturated carbocycles. The standard InChI is InChI=1S/C14H16N2O/c17-14(12-7-3-1-4-8-12)16-11-15-13-9-5-2-6-10-13/h1,3-4,7-8,13H,2,5-6,9-10H2. The van der Waals surface area contributed by atoms with Crippen molar-refractivity contribution in [2.24, 2.45) is 9.98 Å². The highest BCUT2D eigenvalue weighted by Gasteiger charge is 2.10. The molecule has 0 N–H and O–H groups in total. The Kier molecular flexibility index (Phi) is 4.23. The van der Waals surface area contributed by atoms with Crippen LogP contribution in [0.4, 0.5) is 0 Å². The summed E-state index contributed by atoms with van der Waals surface area (Å²) < 4.78 is 0. The summed E-state index contributed by atoms with van der Waals surface area (Å²) >= 11 is 0. The van der Waals surface area contributed by atoms with E-state index >= 15 is 0 Å². The lowest BCUT2D eigenvalue weighted by Crippen LogP contribution is -2.08. The number of hydrogen-bond donors (Lipinski definition) is 0. The van der Waals surface area contributed by atoms with E-state index in [1.165, 1.54) is 19.3 Å². The normalized spacial score (nSPS) is 16.0. The maximum atomic E-state index is 11.6. The molecule has 3 nitrogen and oxygen atoms in total. The van der Waals surface area contributed by atoms with Gasteiger partial charge in [0.2, 0.25) is 0 Å². The summed E-state index contributed by atoms with van der Waals surface area (Å²) in [5, 5.41) is 0. The summed E-state index contributed by atoms with van der Waals surface area (Å²) in [6, 6.07) is 11.9. The minimum Gasteiger partial charge on any atom is -0.266 e. The molecule has 3 heteroatoms. The predicted octanol–water partition coefficient (Wildman–Crippen LogP) is 3.33. The fraction of sp³-hybridized carbons (Fsp3) is 0.429. The van der Waals surface area contributed by atoms with Crippen molar-refractivity contribution in [2.75, 3.05) is 0 Å². The average molecular weight is 228 g/mol. The topological polar surface area (TPSA) is 41.8 Å². The van der Waals surface area contributed by atoms with Crippen molar-refractivity contribution in [2.45, 2.75) is 38.1 Å². The van der Waals surface area contributed by atoms with Crippen molar-refractivity contribution in [3.8, 4) is 0 Å². The van der Waals surface area contributed by atoms with Gasteiger partial charge < -0.3 is 0 Å². The van der Waals surface area contributed by atoms with Gasteiger partial charge in [-0.1, -0.05) is 37.5 Å². The molecule has 1 amide bonds. The fourth-order valence-electron chi connectivity index (χ4n) is 2.01. The first-order valence-corrected chi connectivity index (χ1v) is 6.11. The molecule has 1 aromatic carbocycles. The lowest BCUT2D eigenvalue weighted by Gasteiger charge is -2.15. The van der Waals surface area contributed by atoms with Gasteiger partial charge in [0.15, 0.2) is 0 Å². The molecule has 0 aromatic heterocycles. The Labute approximate surface area is 101 Å². The Morgan fingerprint density at radius 2 is 1.82 bits per heavy atom. The van der Waals surface area contributed by atoms with Crippen LogP contribution in [0.1, 0.15) is 42.5 Å². The highest BCUT2D eigenvalue weighted by atomic mass is 16.1. The van der Waals surface area contributed by atoms with Crippen LogP contribution >= 0.6 is 0 Å². The van der Waals surface area contributed by atoms with Gasteiger partial charge in [0.25, 0.3) is 5.91 Å². The molecule has 0 bridgehead atoms. The smallest absolute Gasteiger partial charge is 0.266 e. The average Bonchev–Trinajstić information content (AvgIpc) is 2.41. The van der Waals surface area contributed by atoms with E-state index in [0.717, 1.165) is 12.8 Å². The third-order valence-corrected chi connectivity index (χ3v) is 2.99. The van der Waals surface area contributed by atoms with Gasteiger partial charge in [0, 0.05) is 5.56 Å². The Morgan fingerprint density at radius 1 is 1.12 bits per heavy atom. The Bertz CT molecular complexity index is 427. The van der Waals surface area contributed by atoms with E-state index in [9.17, 15) is 4.79 Å². The number of rotatable bonds is 2. The molecule has 0 aliphatic heterocycles. The number of carbonyl (C=O) groups excluding carboxylic acids is 1. The molecule has 1 aromatic rings. The van der Waals surface area contributed by atoms with E-state index in [2.05, 4.69) is 16.0 Å². The van der Waals surface area contributed by atoms with Crippen molar-refractivity contribution < 1.29 is 4.79 Å². The number of carbonyl (C=O) groups is 1. The van der Waals surface area contributed by atoms with Crippen molar-refractivity contribution in [3.05, 3.63) is 35.9 Å². The summed E-state index contributed by atoms with van der Waals surface area (Å²) in [5.41, 5.74) is 0.582. The molecule has 17 heavy (non-hydrogen) atoms. The van der Waals surface area contributed by atoms with Gasteiger partial charge in [-0.15, -0.1) is 4.99 Å². The van der Waals surface area contributed by atoms with Crippen LogP contribution in [0, 0.1) is 0 Å². The van der Waals surface area contributed by atoms with Gasteiger partial charge in [-0.2, -0.15) is 0 Å². The quantitative estimate of drug-likeness (QED) is 0.716. The van der Waals surface area contributed by atoms with Crippen molar-refractivity contribution in [3.63, 3.8) is 0 Å². The fourth-order valence-corrected chi connectivity index (χ4v) is 2.01. The maximum absolute atomic E-state index is 11.6. The Morgan fingerprint density at radius 3 is 2.53 bits per heavy atom. The Hall–Kier alpha value is -1.73. The first-order chi connectivity index (χ1) is 8.36. The van der Waals surface area contributed by atoms with Gasteiger partial charge in [-0.05, 0) is 25.0 Å². The van der Waals surface area contributed by atoms with Gasteiger partial charge in [-0.25, -0.2) is 4.99 Å². The molecule has 0 atom stereocenters. The van der Waals surface area contributed by atoms with Crippen LogP contribution in [0.15, 0.2) is 40.3 Å². The van der Waals surface area contributed by atoms with E-state index in [1.807, 2.05) is 18.2 Å². The zero-order valence-electron chi connectivity index (χ0n) is 9.80. The van der Waals surface area contributed by atoms with Crippen LogP contribution in [0.25, 0.3) is 0 Å². The third kappa shape index (κ3) is 3.65. The summed E-state index contributed by atoms with van der Waals surface area (Å²) in [4.78, 5) is 19.5. The molecular formula is C14H16N2O. The maximum Gasteiger partial charge on any atom is 0.286 e. The summed E-state index contributed by atoms with van der Waals surface area (Å²) in [5.74, 6) is -0.273. The van der Waals surface area contributed by atoms with Gasteiger partial charge in [0.05, 0.1) is 12.1 Å². The second kappa shape index (κ2) is 6.12. The third-order valence-electron chi connectivity index (χ3n) is 2.99. The molecule has 1 aliphatic rings. The zero-order chi connectivity index (χ0) is 11.9. The summed E-state index contributed by atoms with van der Waals surface area (Å²) in [6.45, 7) is 0. The first kappa shape index (κ1) is 11.7. The van der Waals surface area contributed by atoms with E-state index < -0.39 is 0 Å². The van der Waals surface area contributed by atoms with Crippen molar-refractivity contribution in [1.82, 2.24) is 0 Å². The van der Waals surface area contributed by atoms with E-state index in [-0.39, 0.29) is 5.91 Å². The molecule has 0 heterocycles. The molecule has 88 valence electrons. The molecule has 1 fully saturated rings. The van der Waals surface area contributed by atoms with Crippen LogP contribution in [0.3, 0.4) is 0 Å². The molecular weight excluding hydrogens is 212 g/mol. The highest BCUT2D eigenvalue weighted by molar-refractivity contribution is 5.97. The highest BCUT2D eigenvalue weighted by Crippen LogP contribution is 2.19. The van der Waals surface area contributed by atoms with Crippen LogP contribution in [0.2, 0.25) is 0 Å². The minimum absolute atomic E-state index is 0.273. The lowest BCUT2D eigenvalue weighted by molar-refractivity contribution is 0.100. The van der Waals surface area contributed by atoms with Gasteiger partial charge >= 0.3 is 0 Å². The van der Waals surface area contributed by atoms with E-state index in [1.54, 1.807) is 12.1 Å². The molecule has 0 spiro atoms. The molecule has 2 rings (SSSR count). The number of amides is 1. The first-order valence-electron chi connectivity index (χ1n) is 6.11. The minimum atomic E-state index is -0.273. The van der Waals surface area contributed by atoms with E-state index in [0.29, 0.717) is 11.6 Å². The van der Waals surface area contributed by atoms with Gasteiger partial charge in [-0.3, -0.25) is 4.79 Å². The number of nitrogens with zero attached hydrogens (tertiary/aromatic N) is 2. The Balaban J connectivity index is 1.95. The SMILES string of the molecule is O=C(N=C=NC1CCCCC1)c1ccccc1. The van der Waals surface area contributed by atoms with Crippen molar-refractivity contribution >= 4 is 11.9 Å².